The highest BCUT2D eigenvalue weighted by Gasteiger charge is 2.43. The Morgan fingerprint density at radius 3 is 1.47 bits per heavy atom. The molecule has 2 heterocycles. The van der Waals surface area contributed by atoms with E-state index in [4.69, 9.17) is 69.7 Å². The van der Waals surface area contributed by atoms with E-state index < -0.39 is 32.3 Å². The Bertz CT molecular complexity index is 3190. The number of carbonyl (C=O) groups excluding carboxylic acids is 2. The van der Waals surface area contributed by atoms with E-state index in [1.807, 2.05) is 12.1 Å². The molecule has 0 bridgehead atoms. The van der Waals surface area contributed by atoms with E-state index in [2.05, 4.69) is 51.4 Å². The SMILES string of the molecule is [C-]#[N+]c1cc(Cl)cc2c1C[C@H](N1CCC[C@@H](N)C1)[C@H]2Oc1ccc(S(=O)(=O)NCCOCCOCCNC(=O)NCCCCNC(=O)NCCOCCOCCNS(=O)(=O)c2ccc(O[C@H]3c4cc(Cl)cc(C#N)c4C[C@@H]3N3CCC[C@@H](N)C3)c(C)c2)cc1C. The topological polar surface area (TPSA) is 317 Å². The first-order chi connectivity index (χ1) is 43.3. The van der Waals surface area contributed by atoms with Crippen molar-refractivity contribution < 1.29 is 54.8 Å². The van der Waals surface area contributed by atoms with Gasteiger partial charge in [-0.3, -0.25) is 9.80 Å². The Balaban J connectivity index is 0.597. The summed E-state index contributed by atoms with van der Waals surface area (Å²) in [5.74, 6) is 1.06. The molecule has 0 spiro atoms. The first kappa shape index (κ1) is 70.0. The number of hydrogen-bond donors (Lipinski definition) is 8. The Morgan fingerprint density at radius 2 is 1.03 bits per heavy atom. The lowest BCUT2D eigenvalue weighted by molar-refractivity contribution is 0.0516. The lowest BCUT2D eigenvalue weighted by Crippen LogP contribution is -2.49. The minimum Gasteiger partial charge on any atom is -0.484 e. The molecule has 0 saturated carbocycles. The van der Waals surface area contributed by atoms with E-state index >= 15 is 0 Å². The number of hydrogen-bond acceptors (Lipinski definition) is 17. The fraction of sp³-hybridized carbons (Fsp3) is 0.548. The monoisotopic (exact) mass is 1320 g/mol. The average Bonchev–Trinajstić information content (AvgIpc) is 1.82. The number of unbranched alkanes of at least 4 members (excludes halogenated alkanes) is 1. The van der Waals surface area contributed by atoms with Gasteiger partial charge in [-0.15, -0.1) is 0 Å². The van der Waals surface area contributed by atoms with Crippen LogP contribution in [0.1, 0.15) is 89.7 Å². The zero-order valence-electron chi connectivity index (χ0n) is 51.0. The summed E-state index contributed by atoms with van der Waals surface area (Å²) in [6.07, 6.45) is 5.49. The van der Waals surface area contributed by atoms with Crippen LogP contribution in [0.5, 0.6) is 11.5 Å². The van der Waals surface area contributed by atoms with Crippen molar-refractivity contribution in [2.75, 3.05) is 118 Å². The second-order valence-corrected chi connectivity index (χ2v) is 27.2. The number of amides is 4. The number of likely N-dealkylation sites (tertiary alicyclic amines) is 2. The maximum Gasteiger partial charge on any atom is 0.314 e. The van der Waals surface area contributed by atoms with Gasteiger partial charge in [0.1, 0.15) is 23.7 Å². The van der Waals surface area contributed by atoms with Gasteiger partial charge in [-0.2, -0.15) is 5.26 Å². The molecule has 2 aliphatic carbocycles. The van der Waals surface area contributed by atoms with Gasteiger partial charge in [0.25, 0.3) is 0 Å². The summed E-state index contributed by atoms with van der Waals surface area (Å²) < 4.78 is 93.5. The molecule has 0 radical (unpaired) electrons. The number of benzene rings is 4. The molecule has 90 heavy (non-hydrogen) atoms. The zero-order valence-corrected chi connectivity index (χ0v) is 54.2. The van der Waals surface area contributed by atoms with Crippen LogP contribution < -0.4 is 51.7 Å². The number of fused-ring (bicyclic) bond motifs is 2. The second kappa shape index (κ2) is 34.1. The van der Waals surface area contributed by atoms with E-state index in [1.165, 1.54) is 12.1 Å². The van der Waals surface area contributed by atoms with Crippen LogP contribution in [-0.2, 0) is 51.8 Å². The number of urea groups is 2. The second-order valence-electron chi connectivity index (χ2n) is 22.8. The number of carbonyl (C=O) groups is 2. The highest BCUT2D eigenvalue weighted by atomic mass is 35.5. The standard InChI is InChI=1S/C62H84Cl2N12O12S2/c1-41-30-48(10-12-57(41)87-59-52-33-44(63)32-43(38-65)50(52)36-55(59)75-20-6-8-46(66)39-75)89(79,80)73-18-24-85-28-26-83-22-16-71-61(77)69-14-4-5-15-70-62(78)72-17-23-84-27-29-86-25-19-74-90(81,82)49-11-13-58(42(2)31-49)88-60-53-34-45(64)35-54(68-3)51(53)37-56(60)76-21-7-9-47(67)40-76/h10-13,30-35,46-47,55-56,59-60,73-74H,4-9,14-29,36-37,39-40,66-67H2,1-2H3,(H2,69,71,77)(H2,70,72,78)/t46-,47-,55+,56+,59+,60+/m1/s1. The highest BCUT2D eigenvalue weighted by molar-refractivity contribution is 7.89. The first-order valence-electron chi connectivity index (χ1n) is 30.6. The number of nitrogens with one attached hydrogen (secondary N) is 6. The lowest BCUT2D eigenvalue weighted by atomic mass is 10.0. The van der Waals surface area contributed by atoms with Crippen LogP contribution in [0.3, 0.4) is 0 Å². The van der Waals surface area contributed by atoms with Crippen LogP contribution in [-0.4, -0.2) is 181 Å². The molecule has 4 amide bonds. The molecule has 4 aromatic rings. The summed E-state index contributed by atoms with van der Waals surface area (Å²) in [7, 11) is -7.72. The molecule has 4 aromatic carbocycles. The molecule has 4 aliphatic rings. The fourth-order valence-electron chi connectivity index (χ4n) is 11.8. The Labute approximate surface area is 538 Å². The summed E-state index contributed by atoms with van der Waals surface area (Å²) in [4.78, 5) is 33.0. The largest absolute Gasteiger partial charge is 0.484 e. The van der Waals surface area contributed by atoms with Crippen molar-refractivity contribution >= 4 is 61.0 Å². The van der Waals surface area contributed by atoms with Crippen LogP contribution in [0.25, 0.3) is 4.85 Å². The third kappa shape index (κ3) is 19.8. The fourth-order valence-corrected chi connectivity index (χ4v) is 14.4. The molecule has 0 aromatic heterocycles. The predicted molar refractivity (Wildman–Crippen MR) is 341 cm³/mol. The van der Waals surface area contributed by atoms with Crippen molar-refractivity contribution in [3.63, 3.8) is 0 Å². The van der Waals surface area contributed by atoms with Gasteiger partial charge in [0, 0.05) is 74.5 Å². The predicted octanol–water partition coefficient (Wildman–Crippen LogP) is 5.67. The highest BCUT2D eigenvalue weighted by Crippen LogP contribution is 2.46. The van der Waals surface area contributed by atoms with Crippen molar-refractivity contribution in [2.24, 2.45) is 11.5 Å². The number of halogens is 2. The molecule has 0 unspecified atom stereocenters. The molecule has 490 valence electrons. The number of nitriles is 1. The number of piperidine rings is 2. The van der Waals surface area contributed by atoms with E-state index in [0.717, 1.165) is 67.6 Å². The van der Waals surface area contributed by atoms with Gasteiger partial charge >= 0.3 is 12.1 Å². The third-order valence-corrected chi connectivity index (χ3v) is 19.6. The number of nitrogens with zero attached hydrogens (tertiary/aromatic N) is 4. The van der Waals surface area contributed by atoms with Crippen molar-refractivity contribution in [3.05, 3.63) is 121 Å². The first-order valence-corrected chi connectivity index (χ1v) is 34.4. The van der Waals surface area contributed by atoms with Crippen LogP contribution in [0.15, 0.2) is 70.5 Å². The molecule has 28 heteroatoms. The third-order valence-electron chi connectivity index (χ3n) is 16.3. The summed E-state index contributed by atoms with van der Waals surface area (Å²) in [5.41, 5.74) is 18.5. The Morgan fingerprint density at radius 1 is 0.611 bits per heavy atom. The number of ether oxygens (including phenoxy) is 6. The Hall–Kier alpha value is -5.92. The lowest BCUT2D eigenvalue weighted by Gasteiger charge is -2.38. The molecular weight excluding hydrogens is 1240 g/mol. The van der Waals surface area contributed by atoms with Gasteiger partial charge in [-0.25, -0.2) is 40.7 Å². The van der Waals surface area contributed by atoms with Crippen molar-refractivity contribution in [2.45, 2.75) is 111 Å². The molecule has 24 nitrogen and oxygen atoms in total. The molecule has 2 saturated heterocycles. The maximum atomic E-state index is 13.2. The summed E-state index contributed by atoms with van der Waals surface area (Å²) >= 11 is 12.9. The van der Waals surface area contributed by atoms with Crippen molar-refractivity contribution in [3.8, 4) is 17.6 Å². The summed E-state index contributed by atoms with van der Waals surface area (Å²) in [6.45, 7) is 17.6. The van der Waals surface area contributed by atoms with E-state index in [0.29, 0.717) is 89.2 Å². The van der Waals surface area contributed by atoms with Gasteiger partial charge < -0.3 is 61.2 Å². The van der Waals surface area contributed by atoms with Gasteiger partial charge in [0.05, 0.1) is 92.9 Å². The minimum atomic E-state index is -3.86. The number of nitrogens with two attached hydrogens (primary N) is 2. The molecule has 6 atom stereocenters. The zero-order chi connectivity index (χ0) is 64.2. The van der Waals surface area contributed by atoms with Crippen molar-refractivity contribution in [1.29, 1.82) is 5.26 Å². The molecule has 8 rings (SSSR count). The van der Waals surface area contributed by atoms with E-state index in [1.54, 1.807) is 50.2 Å². The van der Waals surface area contributed by atoms with E-state index in [-0.39, 0.29) is 125 Å². The van der Waals surface area contributed by atoms with Gasteiger partial charge in [-0.1, -0.05) is 23.2 Å². The molecule has 2 fully saturated rings. The van der Waals surface area contributed by atoms with Crippen LogP contribution >= 0.6 is 23.2 Å². The molecule has 2 aliphatic heterocycles. The number of sulfonamides is 2. The van der Waals surface area contributed by atoms with Crippen LogP contribution in [0, 0.1) is 31.8 Å². The van der Waals surface area contributed by atoms with Crippen molar-refractivity contribution in [1.82, 2.24) is 40.5 Å². The quantitative estimate of drug-likeness (QED) is 0.0210. The maximum absolute atomic E-state index is 13.2. The summed E-state index contributed by atoms with van der Waals surface area (Å²) in [5, 5.41) is 21.8. The molecular formula is C62H84Cl2N12O12S2. The number of rotatable bonds is 33. The summed E-state index contributed by atoms with van der Waals surface area (Å²) in [6, 6.07) is 18.1. The normalized spacial score (nSPS) is 20.1. The van der Waals surface area contributed by atoms with E-state index in [9.17, 15) is 31.7 Å². The van der Waals surface area contributed by atoms with Gasteiger partial charge in [-0.05, 0) is 172 Å². The Kier molecular flexibility index (Phi) is 26.5. The van der Waals surface area contributed by atoms with Crippen LogP contribution in [0.2, 0.25) is 10.0 Å². The minimum absolute atomic E-state index is 0.0403. The number of aryl methyl sites for hydroxylation is 2. The smallest absolute Gasteiger partial charge is 0.314 e. The van der Waals surface area contributed by atoms with Crippen LogP contribution in [0.4, 0.5) is 15.3 Å². The van der Waals surface area contributed by atoms with Gasteiger partial charge in [0.15, 0.2) is 5.69 Å². The van der Waals surface area contributed by atoms with Gasteiger partial charge in [0.2, 0.25) is 20.0 Å². The molecule has 10 N–H and O–H groups in total. The average molecular weight is 1320 g/mol.